The summed E-state index contributed by atoms with van der Waals surface area (Å²) in [6.07, 6.45) is 11.1. The highest BCUT2D eigenvalue weighted by Gasteiger charge is 2.38. The number of benzene rings is 8. The van der Waals surface area contributed by atoms with E-state index >= 15 is 0 Å². The Kier molecular flexibility index (Phi) is 8.41. The fraction of sp³-hybridized carbons (Fsp3) is 0.0702. The fourth-order valence-corrected chi connectivity index (χ4v) is 10.1. The van der Waals surface area contributed by atoms with Crippen LogP contribution < -0.4 is 9.80 Å². The Balaban J connectivity index is 0.992. The summed E-state index contributed by atoms with van der Waals surface area (Å²) in [5.74, 6) is 0.466. The molecule has 0 radical (unpaired) electrons. The van der Waals surface area contributed by atoms with Crippen LogP contribution in [0.4, 0.5) is 28.4 Å². The smallest absolute Gasteiger partial charge is 0.0591 e. The largest absolute Gasteiger partial charge is 0.334 e. The van der Waals surface area contributed by atoms with Crippen molar-refractivity contribution in [1.29, 1.82) is 0 Å². The number of para-hydroxylation sites is 4. The Morgan fingerprint density at radius 2 is 1.13 bits per heavy atom. The van der Waals surface area contributed by atoms with E-state index in [-0.39, 0.29) is 6.04 Å². The summed E-state index contributed by atoms with van der Waals surface area (Å²) in [6.45, 7) is 0. The fourth-order valence-electron chi connectivity index (χ4n) is 10.1. The lowest BCUT2D eigenvalue weighted by atomic mass is 9.86. The molecule has 2 aliphatic rings. The maximum absolute atomic E-state index is 4.90. The third-order valence-corrected chi connectivity index (χ3v) is 12.9. The minimum absolute atomic E-state index is 0.264. The topological polar surface area (TPSA) is 24.3 Å². The molecule has 0 N–H and O–H groups in total. The van der Waals surface area contributed by atoms with Crippen LogP contribution in [-0.2, 0) is 0 Å². The van der Waals surface area contributed by atoms with Gasteiger partial charge in [0.15, 0.2) is 0 Å². The highest BCUT2D eigenvalue weighted by Crippen LogP contribution is 2.50. The van der Waals surface area contributed by atoms with Crippen molar-refractivity contribution in [3.8, 4) is 27.9 Å². The number of nitrogens with zero attached hydrogens (tertiary/aromatic N) is 4. The Hall–Kier alpha value is -7.69. The van der Waals surface area contributed by atoms with Crippen LogP contribution in [0.15, 0.2) is 219 Å². The van der Waals surface area contributed by atoms with Gasteiger partial charge in [-0.05, 0) is 108 Å². The highest BCUT2D eigenvalue weighted by atomic mass is 15.2. The molecule has 8 aromatic carbocycles. The standard InChI is InChI=1S/C57H42N4/c1-2-17-44(18-3-1)59(53-28-14-16-40-15-4-5-19-48(40)53)45-31-29-39(30-32-45)42-33-43(38-58-37-42)41-34-46(60-54-24-10-6-20-49(54)50-21-7-11-25-55(50)60)36-47(35-41)61-56-26-12-8-22-51(56)52-23-9-13-27-57(52)61/h1-8,10-22,24-38,52,57H,9,23H2. The second-order valence-corrected chi connectivity index (χ2v) is 16.3. The molecule has 2 aromatic heterocycles. The normalized spacial score (nSPS) is 15.6. The molecule has 0 amide bonds. The molecule has 3 heterocycles. The third kappa shape index (κ3) is 5.94. The van der Waals surface area contributed by atoms with E-state index in [0.717, 1.165) is 57.8 Å². The molecule has 1 aliphatic heterocycles. The van der Waals surface area contributed by atoms with E-state index < -0.39 is 0 Å². The molecule has 0 saturated heterocycles. The monoisotopic (exact) mass is 782 g/mol. The first-order valence-electron chi connectivity index (χ1n) is 21.3. The average Bonchev–Trinajstić information content (AvgIpc) is 3.85. The van der Waals surface area contributed by atoms with Crippen LogP contribution in [0.1, 0.15) is 24.3 Å². The van der Waals surface area contributed by atoms with Gasteiger partial charge >= 0.3 is 0 Å². The molecule has 0 spiro atoms. The quantitative estimate of drug-likeness (QED) is 0.151. The summed E-state index contributed by atoms with van der Waals surface area (Å²) in [5.41, 5.74) is 15.2. The number of hydrogen-bond donors (Lipinski definition) is 0. The highest BCUT2D eigenvalue weighted by molar-refractivity contribution is 6.09. The number of fused-ring (bicyclic) bond motifs is 7. The second kappa shape index (κ2) is 14.5. The van der Waals surface area contributed by atoms with Crippen LogP contribution in [0.2, 0.25) is 0 Å². The molecule has 2 atom stereocenters. The van der Waals surface area contributed by atoms with Gasteiger partial charge in [0.1, 0.15) is 0 Å². The number of rotatable bonds is 7. The third-order valence-electron chi connectivity index (χ3n) is 12.9. The van der Waals surface area contributed by atoms with Crippen molar-refractivity contribution >= 4 is 61.0 Å². The molecule has 12 rings (SSSR count). The van der Waals surface area contributed by atoms with Gasteiger partial charge in [0, 0.05) is 74.0 Å². The zero-order chi connectivity index (χ0) is 40.3. The minimum Gasteiger partial charge on any atom is -0.334 e. The molecule has 1 aliphatic carbocycles. The first-order valence-corrected chi connectivity index (χ1v) is 21.3. The van der Waals surface area contributed by atoms with Crippen LogP contribution in [0, 0.1) is 0 Å². The van der Waals surface area contributed by atoms with Gasteiger partial charge in [0.05, 0.1) is 22.8 Å². The van der Waals surface area contributed by atoms with E-state index in [1.54, 1.807) is 0 Å². The summed E-state index contributed by atoms with van der Waals surface area (Å²) in [5, 5.41) is 4.94. The van der Waals surface area contributed by atoms with Crippen molar-refractivity contribution in [2.45, 2.75) is 24.8 Å². The molecule has 4 nitrogen and oxygen atoms in total. The maximum Gasteiger partial charge on any atom is 0.0591 e. The van der Waals surface area contributed by atoms with Crippen LogP contribution >= 0.6 is 0 Å². The molecule has 290 valence electrons. The number of pyridine rings is 1. The van der Waals surface area contributed by atoms with Gasteiger partial charge in [0.25, 0.3) is 0 Å². The summed E-state index contributed by atoms with van der Waals surface area (Å²) in [6, 6.07) is 71.0. The van der Waals surface area contributed by atoms with E-state index in [1.165, 1.54) is 49.5 Å². The Bertz CT molecular complexity index is 3230. The van der Waals surface area contributed by atoms with Gasteiger partial charge in [-0.25, -0.2) is 0 Å². The Labute approximate surface area is 355 Å². The lowest BCUT2D eigenvalue weighted by molar-refractivity contribution is 0.573. The predicted molar refractivity (Wildman–Crippen MR) is 255 cm³/mol. The summed E-state index contributed by atoms with van der Waals surface area (Å²) in [7, 11) is 0. The van der Waals surface area contributed by atoms with Crippen molar-refractivity contribution < 1.29 is 0 Å². The maximum atomic E-state index is 4.90. The van der Waals surface area contributed by atoms with Crippen LogP contribution in [0.25, 0.3) is 60.5 Å². The molecular weight excluding hydrogens is 741 g/mol. The molecule has 0 bridgehead atoms. The number of anilines is 5. The van der Waals surface area contributed by atoms with Gasteiger partial charge < -0.3 is 14.4 Å². The second-order valence-electron chi connectivity index (χ2n) is 16.3. The van der Waals surface area contributed by atoms with Crippen molar-refractivity contribution in [2.24, 2.45) is 0 Å². The van der Waals surface area contributed by atoms with Crippen LogP contribution in [0.3, 0.4) is 0 Å². The van der Waals surface area contributed by atoms with Crippen molar-refractivity contribution in [1.82, 2.24) is 9.55 Å². The number of hydrogen-bond acceptors (Lipinski definition) is 3. The number of allylic oxidation sites excluding steroid dienone is 1. The molecule has 4 heteroatoms. The Morgan fingerprint density at radius 1 is 0.492 bits per heavy atom. The van der Waals surface area contributed by atoms with E-state index in [2.05, 4.69) is 221 Å². The molecule has 0 saturated carbocycles. The summed E-state index contributed by atoms with van der Waals surface area (Å²) in [4.78, 5) is 9.84. The van der Waals surface area contributed by atoms with Crippen molar-refractivity contribution in [3.05, 3.63) is 224 Å². The van der Waals surface area contributed by atoms with Crippen molar-refractivity contribution in [2.75, 3.05) is 9.80 Å². The van der Waals surface area contributed by atoms with E-state index in [1.807, 2.05) is 12.4 Å². The lowest BCUT2D eigenvalue weighted by Crippen LogP contribution is -2.29. The number of aromatic nitrogens is 2. The molecule has 2 unspecified atom stereocenters. The summed E-state index contributed by atoms with van der Waals surface area (Å²) >= 11 is 0. The average molecular weight is 783 g/mol. The summed E-state index contributed by atoms with van der Waals surface area (Å²) < 4.78 is 2.44. The van der Waals surface area contributed by atoms with E-state index in [9.17, 15) is 0 Å². The van der Waals surface area contributed by atoms with Crippen LogP contribution in [-0.4, -0.2) is 15.6 Å². The molecule has 61 heavy (non-hydrogen) atoms. The van der Waals surface area contributed by atoms with Gasteiger partial charge in [-0.1, -0.05) is 133 Å². The first-order chi connectivity index (χ1) is 30.3. The zero-order valence-corrected chi connectivity index (χ0v) is 33.6. The lowest BCUT2D eigenvalue weighted by Gasteiger charge is -2.31. The molecule has 10 aromatic rings. The zero-order valence-electron chi connectivity index (χ0n) is 33.6. The van der Waals surface area contributed by atoms with E-state index in [0.29, 0.717) is 5.92 Å². The van der Waals surface area contributed by atoms with Gasteiger partial charge in [-0.2, -0.15) is 0 Å². The van der Waals surface area contributed by atoms with E-state index in [4.69, 9.17) is 4.98 Å². The van der Waals surface area contributed by atoms with Gasteiger partial charge in [0.2, 0.25) is 0 Å². The van der Waals surface area contributed by atoms with Gasteiger partial charge in [-0.15, -0.1) is 0 Å². The van der Waals surface area contributed by atoms with Crippen molar-refractivity contribution in [3.63, 3.8) is 0 Å². The first kappa shape index (κ1) is 35.3. The molecule has 0 fully saturated rings. The van der Waals surface area contributed by atoms with Crippen LogP contribution in [0.5, 0.6) is 0 Å². The Morgan fingerprint density at radius 3 is 1.93 bits per heavy atom. The van der Waals surface area contributed by atoms with Gasteiger partial charge in [-0.3, -0.25) is 4.98 Å². The molecular formula is C57H42N4. The SMILES string of the molecule is C1=CC2C(CC1)c1ccccc1N2c1cc(-c2cncc(-c3ccc(N(c4ccccc4)c4cccc5ccccc45)cc3)c2)cc(-n2c3ccccc3c3ccccc32)c1. The predicted octanol–water partition coefficient (Wildman–Crippen LogP) is 15.1. The minimum atomic E-state index is 0.264.